The molecular weight excluding hydrogens is 555 g/mol. The van der Waals surface area contributed by atoms with Crippen molar-refractivity contribution in [3.8, 4) is 11.5 Å². The number of rotatable bonds is 8. The van der Waals surface area contributed by atoms with Crippen molar-refractivity contribution in [2.45, 2.75) is 13.5 Å². The minimum atomic E-state index is -0.751. The highest BCUT2D eigenvalue weighted by Crippen LogP contribution is 2.37. The Balaban J connectivity index is 1.85. The molecular formula is C21H18ClIN2O5S. The molecule has 3 rings (SSSR count). The largest absolute Gasteiger partial charge is 0.490 e. The number of amides is 3. The fourth-order valence-electron chi connectivity index (χ4n) is 2.75. The van der Waals surface area contributed by atoms with Crippen LogP contribution in [0.1, 0.15) is 18.1 Å². The molecule has 0 spiro atoms. The molecule has 1 aliphatic rings. The number of primary amides is 1. The summed E-state index contributed by atoms with van der Waals surface area (Å²) < 4.78 is 12.5. The smallest absolute Gasteiger partial charge is 0.294 e. The van der Waals surface area contributed by atoms with Crippen LogP contribution in [0.2, 0.25) is 5.02 Å². The minimum absolute atomic E-state index is 0.208. The zero-order valence-electron chi connectivity index (χ0n) is 16.4. The first-order chi connectivity index (χ1) is 14.8. The van der Waals surface area contributed by atoms with Crippen LogP contribution in [0.25, 0.3) is 6.08 Å². The molecule has 0 aliphatic carbocycles. The van der Waals surface area contributed by atoms with E-state index in [1.54, 1.807) is 24.3 Å². The van der Waals surface area contributed by atoms with Gasteiger partial charge in [0.15, 0.2) is 11.5 Å². The van der Waals surface area contributed by atoms with Crippen molar-refractivity contribution in [1.82, 2.24) is 4.90 Å². The van der Waals surface area contributed by atoms with E-state index in [0.29, 0.717) is 35.3 Å². The van der Waals surface area contributed by atoms with Crippen LogP contribution in [0.3, 0.4) is 0 Å². The van der Waals surface area contributed by atoms with E-state index in [1.165, 1.54) is 0 Å². The molecule has 0 saturated carbocycles. The molecule has 1 heterocycles. The molecule has 7 nitrogen and oxygen atoms in total. The number of nitrogens with zero attached hydrogens (tertiary/aromatic N) is 1. The number of nitrogens with two attached hydrogens (primary N) is 1. The average molecular weight is 573 g/mol. The van der Waals surface area contributed by atoms with Crippen molar-refractivity contribution in [3.05, 3.63) is 61.0 Å². The summed E-state index contributed by atoms with van der Waals surface area (Å²) in [5.41, 5.74) is 6.73. The number of thioether (sulfide) groups is 1. The fourth-order valence-corrected chi connectivity index (χ4v) is 4.50. The van der Waals surface area contributed by atoms with Gasteiger partial charge in [0.2, 0.25) is 5.91 Å². The van der Waals surface area contributed by atoms with Gasteiger partial charge in [-0.2, -0.15) is 0 Å². The highest BCUT2D eigenvalue weighted by atomic mass is 127. The lowest BCUT2D eigenvalue weighted by molar-refractivity contribution is -0.127. The summed E-state index contributed by atoms with van der Waals surface area (Å²) in [5, 5.41) is 0.121. The van der Waals surface area contributed by atoms with E-state index in [2.05, 4.69) is 22.6 Å². The van der Waals surface area contributed by atoms with Crippen LogP contribution in [0.15, 0.2) is 41.3 Å². The summed E-state index contributed by atoms with van der Waals surface area (Å²) in [5.74, 6) is -0.203. The number of halogens is 2. The Morgan fingerprint density at radius 1 is 1.23 bits per heavy atom. The Hall–Kier alpha value is -2.24. The number of hydrogen-bond acceptors (Lipinski definition) is 6. The molecule has 2 aromatic carbocycles. The standard InChI is InChI=1S/C21H18ClIN2O5S/c1-2-29-16-8-13(9-17-20(27)25(10-18(24)26)21(28)31-17)7-15(23)19(16)30-11-12-3-5-14(22)6-4-12/h3-9H,2,10-11H2,1H3,(H2,24,26)/b17-9-. The van der Waals surface area contributed by atoms with E-state index in [9.17, 15) is 14.4 Å². The van der Waals surface area contributed by atoms with Crippen molar-refractivity contribution in [2.75, 3.05) is 13.2 Å². The number of imide groups is 1. The topological polar surface area (TPSA) is 98.9 Å². The maximum atomic E-state index is 12.4. The van der Waals surface area contributed by atoms with E-state index < -0.39 is 23.6 Å². The first-order valence-electron chi connectivity index (χ1n) is 9.15. The van der Waals surface area contributed by atoms with Gasteiger partial charge in [0.25, 0.3) is 11.1 Å². The van der Waals surface area contributed by atoms with Gasteiger partial charge in [0.1, 0.15) is 13.2 Å². The molecule has 162 valence electrons. The molecule has 1 fully saturated rings. The van der Waals surface area contributed by atoms with Gasteiger partial charge in [-0.3, -0.25) is 19.3 Å². The quantitative estimate of drug-likeness (QED) is 0.371. The molecule has 1 saturated heterocycles. The van der Waals surface area contributed by atoms with Crippen LogP contribution < -0.4 is 15.2 Å². The number of carbonyl (C=O) groups is 3. The van der Waals surface area contributed by atoms with Gasteiger partial charge in [-0.1, -0.05) is 23.7 Å². The summed E-state index contributed by atoms with van der Waals surface area (Å²) >= 11 is 8.81. The molecule has 10 heteroatoms. The molecule has 0 bridgehead atoms. The third kappa shape index (κ3) is 5.92. The van der Waals surface area contributed by atoms with Crippen LogP contribution in [-0.4, -0.2) is 35.1 Å². The Kier molecular flexibility index (Phi) is 7.84. The van der Waals surface area contributed by atoms with Gasteiger partial charge in [-0.25, -0.2) is 0 Å². The number of benzene rings is 2. The maximum absolute atomic E-state index is 12.4. The monoisotopic (exact) mass is 572 g/mol. The molecule has 0 unspecified atom stereocenters. The molecule has 3 amide bonds. The normalized spacial score (nSPS) is 14.9. The van der Waals surface area contributed by atoms with E-state index in [0.717, 1.165) is 25.8 Å². The lowest BCUT2D eigenvalue weighted by Gasteiger charge is -2.15. The minimum Gasteiger partial charge on any atom is -0.490 e. The second-order valence-corrected chi connectivity index (χ2v) is 9.00. The van der Waals surface area contributed by atoms with E-state index >= 15 is 0 Å². The predicted octanol–water partition coefficient (Wildman–Crippen LogP) is 4.44. The van der Waals surface area contributed by atoms with Gasteiger partial charge in [0, 0.05) is 5.02 Å². The van der Waals surface area contributed by atoms with E-state index in [-0.39, 0.29) is 4.91 Å². The second-order valence-electron chi connectivity index (χ2n) is 6.41. The highest BCUT2D eigenvalue weighted by Gasteiger charge is 2.35. The summed E-state index contributed by atoms with van der Waals surface area (Å²) in [6.07, 6.45) is 1.58. The third-order valence-electron chi connectivity index (χ3n) is 4.11. The molecule has 0 atom stereocenters. The maximum Gasteiger partial charge on any atom is 0.294 e. The molecule has 0 radical (unpaired) electrons. The zero-order valence-corrected chi connectivity index (χ0v) is 20.1. The first-order valence-corrected chi connectivity index (χ1v) is 11.4. The van der Waals surface area contributed by atoms with Crippen molar-refractivity contribution < 1.29 is 23.9 Å². The van der Waals surface area contributed by atoms with Crippen LogP contribution in [0.4, 0.5) is 4.79 Å². The van der Waals surface area contributed by atoms with Crippen molar-refractivity contribution in [3.63, 3.8) is 0 Å². The molecule has 1 aliphatic heterocycles. The van der Waals surface area contributed by atoms with Gasteiger partial charge >= 0.3 is 0 Å². The van der Waals surface area contributed by atoms with Crippen molar-refractivity contribution in [2.24, 2.45) is 5.73 Å². The van der Waals surface area contributed by atoms with Crippen LogP contribution in [0.5, 0.6) is 11.5 Å². The molecule has 0 aromatic heterocycles. The molecule has 31 heavy (non-hydrogen) atoms. The van der Waals surface area contributed by atoms with Crippen LogP contribution in [0, 0.1) is 3.57 Å². The second kappa shape index (κ2) is 10.4. The van der Waals surface area contributed by atoms with Crippen LogP contribution in [-0.2, 0) is 16.2 Å². The fraction of sp³-hybridized carbons (Fsp3) is 0.190. The summed E-state index contributed by atoms with van der Waals surface area (Å²) in [7, 11) is 0. The lowest BCUT2D eigenvalue weighted by Crippen LogP contribution is -2.36. The van der Waals surface area contributed by atoms with Crippen molar-refractivity contribution >= 4 is 69.1 Å². The van der Waals surface area contributed by atoms with E-state index in [4.69, 9.17) is 26.8 Å². The Morgan fingerprint density at radius 3 is 2.58 bits per heavy atom. The van der Waals surface area contributed by atoms with Gasteiger partial charge in [-0.15, -0.1) is 0 Å². The van der Waals surface area contributed by atoms with Gasteiger partial charge < -0.3 is 15.2 Å². The molecule has 2 N–H and O–H groups in total. The summed E-state index contributed by atoms with van der Waals surface area (Å²) in [6.45, 7) is 2.17. The highest BCUT2D eigenvalue weighted by molar-refractivity contribution is 14.1. The average Bonchev–Trinajstić information content (AvgIpc) is 2.96. The third-order valence-corrected chi connectivity index (χ3v) is 6.07. The Bertz CT molecular complexity index is 1060. The molecule has 2 aromatic rings. The van der Waals surface area contributed by atoms with E-state index in [1.807, 2.05) is 25.1 Å². The number of carbonyl (C=O) groups excluding carboxylic acids is 3. The Labute approximate surface area is 202 Å². The van der Waals surface area contributed by atoms with Crippen LogP contribution >= 0.6 is 46.0 Å². The number of hydrogen-bond donors (Lipinski definition) is 1. The zero-order chi connectivity index (χ0) is 22.5. The van der Waals surface area contributed by atoms with Crippen molar-refractivity contribution in [1.29, 1.82) is 0 Å². The SMILES string of the molecule is CCOc1cc(/C=C2\SC(=O)N(CC(N)=O)C2=O)cc(I)c1OCc1ccc(Cl)cc1. The first kappa shape index (κ1) is 23.4. The Morgan fingerprint density at radius 2 is 1.94 bits per heavy atom. The summed E-state index contributed by atoms with van der Waals surface area (Å²) in [6, 6.07) is 10.9. The van der Waals surface area contributed by atoms with Gasteiger partial charge in [0.05, 0.1) is 15.1 Å². The number of ether oxygens (including phenoxy) is 2. The summed E-state index contributed by atoms with van der Waals surface area (Å²) in [4.78, 5) is 36.6. The van der Waals surface area contributed by atoms with Gasteiger partial charge in [-0.05, 0) is 82.7 Å². The lowest BCUT2D eigenvalue weighted by atomic mass is 10.1. The predicted molar refractivity (Wildman–Crippen MR) is 128 cm³/mol.